The zero-order valence-corrected chi connectivity index (χ0v) is 17.8. The number of hydrogen-bond acceptors (Lipinski definition) is 4. The Morgan fingerprint density at radius 2 is 1.77 bits per heavy atom. The molecule has 1 spiro atoms. The first-order valence-corrected chi connectivity index (χ1v) is 12.0. The summed E-state index contributed by atoms with van der Waals surface area (Å²) in [6, 6.07) is 8.32. The van der Waals surface area contributed by atoms with Crippen molar-refractivity contribution >= 4 is 33.0 Å². The third-order valence-corrected chi connectivity index (χ3v) is 8.95. The Labute approximate surface area is 179 Å². The summed E-state index contributed by atoms with van der Waals surface area (Å²) in [5, 5.41) is 4.45. The van der Waals surface area contributed by atoms with Gasteiger partial charge in [-0.05, 0) is 68.3 Å². The molecular weight excluding hydrogens is 404 g/mol. The van der Waals surface area contributed by atoms with Gasteiger partial charge in [-0.3, -0.25) is 9.69 Å². The van der Waals surface area contributed by atoms with Crippen LogP contribution in [0.2, 0.25) is 0 Å². The van der Waals surface area contributed by atoms with Gasteiger partial charge < -0.3 is 10.2 Å². The summed E-state index contributed by atoms with van der Waals surface area (Å²) in [6.45, 7) is 3.12. The van der Waals surface area contributed by atoms with E-state index in [4.69, 9.17) is 0 Å². The molecule has 0 radical (unpaired) electrons. The lowest BCUT2D eigenvalue weighted by atomic mass is 9.77. The molecule has 2 aromatic rings. The Balaban J connectivity index is 1.20. The summed E-state index contributed by atoms with van der Waals surface area (Å²) in [5.74, 6) is -1.89. The SMILES string of the molecule is O=C(N[C@H]1C2CCN(CC2)C12CC2)c1cc2ccc(N3CCC(F)(F)CC3)cc2s1. The molecule has 4 saturated heterocycles. The smallest absolute Gasteiger partial charge is 0.261 e. The predicted molar refractivity (Wildman–Crippen MR) is 116 cm³/mol. The van der Waals surface area contributed by atoms with E-state index in [0.29, 0.717) is 19.0 Å². The van der Waals surface area contributed by atoms with Gasteiger partial charge in [0.05, 0.1) is 10.9 Å². The van der Waals surface area contributed by atoms with Crippen LogP contribution in [-0.2, 0) is 0 Å². The molecule has 7 heteroatoms. The Hall–Kier alpha value is -1.73. The van der Waals surface area contributed by atoms with Gasteiger partial charge in [-0.1, -0.05) is 6.07 Å². The zero-order chi connectivity index (χ0) is 20.5. The molecule has 0 unspecified atom stereocenters. The van der Waals surface area contributed by atoms with Crippen LogP contribution in [0.3, 0.4) is 0 Å². The third-order valence-electron chi connectivity index (χ3n) is 7.86. The maximum atomic E-state index is 13.5. The van der Waals surface area contributed by atoms with Gasteiger partial charge in [0, 0.05) is 41.9 Å². The van der Waals surface area contributed by atoms with Crippen LogP contribution in [0.1, 0.15) is 48.2 Å². The number of hydrogen-bond donors (Lipinski definition) is 1. The van der Waals surface area contributed by atoms with E-state index in [9.17, 15) is 13.6 Å². The largest absolute Gasteiger partial charge is 0.371 e. The molecule has 1 aliphatic carbocycles. The maximum Gasteiger partial charge on any atom is 0.261 e. The summed E-state index contributed by atoms with van der Waals surface area (Å²) in [6.07, 6.45) is 4.61. The summed E-state index contributed by atoms with van der Waals surface area (Å²) in [5.41, 5.74) is 1.21. The van der Waals surface area contributed by atoms with Crippen LogP contribution < -0.4 is 10.2 Å². The molecule has 4 nitrogen and oxygen atoms in total. The number of rotatable bonds is 3. The van der Waals surface area contributed by atoms with Crippen molar-refractivity contribution in [3.05, 3.63) is 29.1 Å². The molecule has 5 aliphatic rings. The highest BCUT2D eigenvalue weighted by Crippen LogP contribution is 2.53. The molecule has 5 heterocycles. The fourth-order valence-electron chi connectivity index (χ4n) is 5.95. The number of anilines is 1. The molecule has 5 fully saturated rings. The quantitative estimate of drug-likeness (QED) is 0.778. The van der Waals surface area contributed by atoms with E-state index in [-0.39, 0.29) is 30.3 Å². The van der Waals surface area contributed by atoms with Crippen LogP contribution >= 0.6 is 11.3 Å². The lowest BCUT2D eigenvalue weighted by molar-refractivity contribution is -0.0220. The van der Waals surface area contributed by atoms with Gasteiger partial charge in [0.1, 0.15) is 0 Å². The summed E-state index contributed by atoms with van der Waals surface area (Å²) in [7, 11) is 0. The van der Waals surface area contributed by atoms with Crippen LogP contribution in [0.25, 0.3) is 10.1 Å². The first kappa shape index (κ1) is 19.0. The van der Waals surface area contributed by atoms with Crippen molar-refractivity contribution in [2.75, 3.05) is 31.1 Å². The second-order valence-electron chi connectivity index (χ2n) is 9.55. The normalized spacial score (nSPS) is 31.3. The van der Waals surface area contributed by atoms with E-state index in [1.54, 1.807) is 0 Å². The minimum atomic E-state index is -2.54. The molecule has 30 heavy (non-hydrogen) atoms. The molecule has 1 aromatic carbocycles. The number of piperidine rings is 4. The standard InChI is InChI=1S/C23H27F2N3OS/c24-23(25)7-11-27(12-8-23)17-2-1-16-13-19(30-18(16)14-17)21(29)26-20-15-3-9-28(10-4-15)22(20)5-6-22/h1-2,13-15,20H,3-12H2,(H,26,29)/t20-/m0/s1. The van der Waals surface area contributed by atoms with E-state index >= 15 is 0 Å². The highest BCUT2D eigenvalue weighted by molar-refractivity contribution is 7.20. The van der Waals surface area contributed by atoms with Crippen LogP contribution in [0.4, 0.5) is 14.5 Å². The van der Waals surface area contributed by atoms with Crippen molar-refractivity contribution in [1.29, 1.82) is 0 Å². The molecule has 160 valence electrons. The van der Waals surface area contributed by atoms with Gasteiger partial charge in [0.25, 0.3) is 11.8 Å². The minimum Gasteiger partial charge on any atom is -0.371 e. The zero-order valence-electron chi connectivity index (χ0n) is 17.0. The van der Waals surface area contributed by atoms with Crippen molar-refractivity contribution in [3.63, 3.8) is 0 Å². The number of nitrogens with one attached hydrogen (secondary N) is 1. The van der Waals surface area contributed by atoms with Crippen molar-refractivity contribution in [3.8, 4) is 0 Å². The molecule has 7 rings (SSSR count). The number of alkyl halides is 2. The number of halogens is 2. The molecule has 2 bridgehead atoms. The first-order valence-electron chi connectivity index (χ1n) is 11.2. The topological polar surface area (TPSA) is 35.6 Å². The van der Waals surface area contributed by atoms with Crippen molar-refractivity contribution in [2.24, 2.45) is 5.92 Å². The molecular formula is C23H27F2N3OS. The Kier molecular flexibility index (Phi) is 4.20. The van der Waals surface area contributed by atoms with Crippen molar-refractivity contribution in [2.45, 2.75) is 56.0 Å². The molecule has 1 amide bonds. The Morgan fingerprint density at radius 3 is 2.47 bits per heavy atom. The predicted octanol–water partition coefficient (Wildman–Crippen LogP) is 4.49. The average molecular weight is 432 g/mol. The van der Waals surface area contributed by atoms with Crippen LogP contribution in [-0.4, -0.2) is 54.5 Å². The molecule has 1 saturated carbocycles. The maximum absolute atomic E-state index is 13.5. The number of benzene rings is 1. The first-order chi connectivity index (χ1) is 14.4. The second-order valence-corrected chi connectivity index (χ2v) is 10.6. The molecule has 4 aliphatic heterocycles. The number of carbonyl (C=O) groups is 1. The van der Waals surface area contributed by atoms with Crippen LogP contribution in [0.5, 0.6) is 0 Å². The Bertz CT molecular complexity index is 983. The van der Waals surface area contributed by atoms with Gasteiger partial charge in [0.15, 0.2) is 0 Å². The van der Waals surface area contributed by atoms with Gasteiger partial charge in [0.2, 0.25) is 0 Å². The van der Waals surface area contributed by atoms with Gasteiger partial charge >= 0.3 is 0 Å². The minimum absolute atomic E-state index is 0.0420. The number of thiophene rings is 1. The highest BCUT2D eigenvalue weighted by Gasteiger charge is 2.60. The number of carbonyl (C=O) groups excluding carboxylic acids is 1. The fraction of sp³-hybridized carbons (Fsp3) is 0.609. The van der Waals surface area contributed by atoms with Gasteiger partial charge in [-0.25, -0.2) is 8.78 Å². The second kappa shape index (κ2) is 6.63. The molecule has 1 atom stereocenters. The summed E-state index contributed by atoms with van der Waals surface area (Å²) in [4.78, 5) is 18.5. The lowest BCUT2D eigenvalue weighted by Gasteiger charge is -2.52. The third kappa shape index (κ3) is 3.04. The number of amides is 1. The van der Waals surface area contributed by atoms with Crippen LogP contribution in [0, 0.1) is 5.92 Å². The summed E-state index contributed by atoms with van der Waals surface area (Å²) >= 11 is 1.51. The molecule has 1 N–H and O–H groups in total. The van der Waals surface area contributed by atoms with Crippen molar-refractivity contribution < 1.29 is 13.6 Å². The van der Waals surface area contributed by atoms with Crippen molar-refractivity contribution in [1.82, 2.24) is 10.2 Å². The van der Waals surface area contributed by atoms with E-state index in [0.717, 1.165) is 20.7 Å². The van der Waals surface area contributed by atoms with Gasteiger partial charge in [-0.15, -0.1) is 11.3 Å². The fourth-order valence-corrected chi connectivity index (χ4v) is 6.95. The average Bonchev–Trinajstić information content (AvgIpc) is 3.40. The van der Waals surface area contributed by atoms with E-state index in [1.807, 2.05) is 23.1 Å². The highest BCUT2D eigenvalue weighted by atomic mass is 32.1. The molecule has 1 aromatic heterocycles. The van der Waals surface area contributed by atoms with E-state index < -0.39 is 5.92 Å². The Morgan fingerprint density at radius 1 is 1.03 bits per heavy atom. The monoisotopic (exact) mass is 431 g/mol. The van der Waals surface area contributed by atoms with Crippen LogP contribution in [0.15, 0.2) is 24.3 Å². The lowest BCUT2D eigenvalue weighted by Crippen LogP contribution is -2.65. The van der Waals surface area contributed by atoms with Gasteiger partial charge in [-0.2, -0.15) is 0 Å². The van der Waals surface area contributed by atoms with E-state index in [1.165, 1.54) is 50.1 Å². The summed E-state index contributed by atoms with van der Waals surface area (Å²) < 4.78 is 28.0. The van der Waals surface area contributed by atoms with E-state index in [2.05, 4.69) is 16.3 Å². The number of nitrogens with zero attached hydrogens (tertiary/aromatic N) is 2. The number of fused-ring (bicyclic) bond motifs is 3.